The zero-order valence-corrected chi connectivity index (χ0v) is 15.4. The fourth-order valence-corrected chi connectivity index (χ4v) is 3.23. The molecule has 0 aliphatic carbocycles. The molecule has 0 unspecified atom stereocenters. The van der Waals surface area contributed by atoms with Crippen LogP contribution in [0.15, 0.2) is 35.3 Å². The standard InChI is InChI=1S/C19H22N6O2/c1-12-3-4-15(7-13(12)2)25-18(26)8-16(23-25)19(27)21-9-14-10-22-24-6-5-20-11-17(14)24/h3-4,7-8,10,20,23H,5-6,9,11H2,1-2H3,(H,21,27). The highest BCUT2D eigenvalue weighted by Gasteiger charge is 2.16. The molecule has 2 aromatic heterocycles. The maximum atomic E-state index is 12.5. The number of aromatic nitrogens is 4. The summed E-state index contributed by atoms with van der Waals surface area (Å²) in [6, 6.07) is 7.05. The van der Waals surface area contributed by atoms with Gasteiger partial charge in [0.05, 0.1) is 24.1 Å². The number of carbonyl (C=O) groups excluding carboxylic acids is 1. The van der Waals surface area contributed by atoms with Gasteiger partial charge in [-0.1, -0.05) is 6.07 Å². The Morgan fingerprint density at radius 1 is 1.26 bits per heavy atom. The number of nitrogens with one attached hydrogen (secondary N) is 3. The van der Waals surface area contributed by atoms with E-state index in [1.807, 2.05) is 36.7 Å². The summed E-state index contributed by atoms with van der Waals surface area (Å²) in [6.07, 6.45) is 1.78. The molecule has 0 atom stereocenters. The van der Waals surface area contributed by atoms with Gasteiger partial charge in [-0.15, -0.1) is 0 Å². The van der Waals surface area contributed by atoms with Crippen LogP contribution in [-0.2, 0) is 19.6 Å². The molecule has 140 valence electrons. The molecule has 8 heteroatoms. The number of benzene rings is 1. The van der Waals surface area contributed by atoms with Gasteiger partial charge in [0.25, 0.3) is 11.5 Å². The van der Waals surface area contributed by atoms with Gasteiger partial charge in [-0.2, -0.15) is 5.10 Å². The number of amides is 1. The van der Waals surface area contributed by atoms with E-state index in [-0.39, 0.29) is 17.2 Å². The fraction of sp³-hybridized carbons (Fsp3) is 0.316. The molecular weight excluding hydrogens is 344 g/mol. The van der Waals surface area contributed by atoms with Crippen molar-refractivity contribution in [1.82, 2.24) is 30.2 Å². The van der Waals surface area contributed by atoms with E-state index in [0.29, 0.717) is 12.2 Å². The molecule has 1 aliphatic heterocycles. The van der Waals surface area contributed by atoms with Crippen molar-refractivity contribution >= 4 is 5.91 Å². The summed E-state index contributed by atoms with van der Waals surface area (Å²) in [5.41, 5.74) is 4.97. The number of fused-ring (bicyclic) bond motifs is 1. The lowest BCUT2D eigenvalue weighted by Crippen LogP contribution is -2.30. The first kappa shape index (κ1) is 17.3. The number of nitrogens with zero attached hydrogens (tertiary/aromatic N) is 3. The van der Waals surface area contributed by atoms with Crippen molar-refractivity contribution in [3.05, 3.63) is 68.9 Å². The predicted molar refractivity (Wildman–Crippen MR) is 101 cm³/mol. The number of carbonyl (C=O) groups is 1. The summed E-state index contributed by atoms with van der Waals surface area (Å²) in [6.45, 7) is 6.84. The van der Waals surface area contributed by atoms with E-state index in [0.717, 1.165) is 42.0 Å². The van der Waals surface area contributed by atoms with Gasteiger partial charge in [-0.05, 0) is 37.1 Å². The quantitative estimate of drug-likeness (QED) is 0.642. The monoisotopic (exact) mass is 366 g/mol. The molecule has 3 aromatic rings. The van der Waals surface area contributed by atoms with Gasteiger partial charge >= 0.3 is 0 Å². The maximum Gasteiger partial charge on any atom is 0.271 e. The van der Waals surface area contributed by atoms with Crippen molar-refractivity contribution in [3.8, 4) is 5.69 Å². The van der Waals surface area contributed by atoms with E-state index in [9.17, 15) is 9.59 Å². The second-order valence-corrected chi connectivity index (χ2v) is 6.81. The van der Waals surface area contributed by atoms with E-state index in [1.54, 1.807) is 6.20 Å². The van der Waals surface area contributed by atoms with E-state index in [1.165, 1.54) is 10.7 Å². The van der Waals surface area contributed by atoms with Gasteiger partial charge in [0.1, 0.15) is 5.69 Å². The number of rotatable bonds is 4. The van der Waals surface area contributed by atoms with Crippen molar-refractivity contribution in [1.29, 1.82) is 0 Å². The SMILES string of the molecule is Cc1ccc(-n2[nH]c(C(=O)NCc3cnn4c3CNCC4)cc2=O)cc1C. The van der Waals surface area contributed by atoms with E-state index < -0.39 is 0 Å². The second kappa shape index (κ2) is 6.88. The third-order valence-electron chi connectivity index (χ3n) is 4.98. The van der Waals surface area contributed by atoms with Gasteiger partial charge in [0.2, 0.25) is 0 Å². The molecular formula is C19H22N6O2. The number of H-pyrrole nitrogens is 1. The largest absolute Gasteiger partial charge is 0.347 e. The summed E-state index contributed by atoms with van der Waals surface area (Å²) in [5.74, 6) is -0.321. The first-order valence-corrected chi connectivity index (χ1v) is 8.95. The Kier molecular flexibility index (Phi) is 4.41. The molecule has 0 saturated carbocycles. The van der Waals surface area contributed by atoms with E-state index in [2.05, 4.69) is 20.8 Å². The Labute approximate surface area is 156 Å². The smallest absolute Gasteiger partial charge is 0.271 e. The van der Waals surface area contributed by atoms with Crippen LogP contribution in [0.2, 0.25) is 0 Å². The molecule has 0 fully saturated rings. The number of hydrogen-bond acceptors (Lipinski definition) is 4. The van der Waals surface area contributed by atoms with Crippen LogP contribution in [0.5, 0.6) is 0 Å². The van der Waals surface area contributed by atoms with Gasteiger partial charge in [0, 0.05) is 31.3 Å². The number of hydrogen-bond donors (Lipinski definition) is 3. The normalized spacial score (nSPS) is 13.4. The molecule has 0 spiro atoms. The Morgan fingerprint density at radius 3 is 2.93 bits per heavy atom. The van der Waals surface area contributed by atoms with Crippen LogP contribution in [0.4, 0.5) is 0 Å². The molecule has 27 heavy (non-hydrogen) atoms. The number of aromatic amines is 1. The minimum absolute atomic E-state index is 0.234. The summed E-state index contributed by atoms with van der Waals surface area (Å²) in [4.78, 5) is 24.8. The highest BCUT2D eigenvalue weighted by Crippen LogP contribution is 2.13. The van der Waals surface area contributed by atoms with Crippen LogP contribution in [0.1, 0.15) is 32.9 Å². The summed E-state index contributed by atoms with van der Waals surface area (Å²) < 4.78 is 3.34. The molecule has 3 N–H and O–H groups in total. The maximum absolute atomic E-state index is 12.5. The van der Waals surface area contributed by atoms with Crippen LogP contribution in [0.3, 0.4) is 0 Å². The first-order chi connectivity index (χ1) is 13.0. The highest BCUT2D eigenvalue weighted by molar-refractivity contribution is 5.92. The van der Waals surface area contributed by atoms with Crippen LogP contribution in [-0.4, -0.2) is 32.0 Å². The average molecular weight is 366 g/mol. The van der Waals surface area contributed by atoms with E-state index >= 15 is 0 Å². The van der Waals surface area contributed by atoms with Crippen LogP contribution in [0.25, 0.3) is 5.69 Å². The van der Waals surface area contributed by atoms with Crippen molar-refractivity contribution in [2.24, 2.45) is 0 Å². The van der Waals surface area contributed by atoms with Gasteiger partial charge in [0.15, 0.2) is 0 Å². The second-order valence-electron chi connectivity index (χ2n) is 6.81. The van der Waals surface area contributed by atoms with Gasteiger partial charge in [-0.25, -0.2) is 4.68 Å². The van der Waals surface area contributed by atoms with Gasteiger partial charge in [-0.3, -0.25) is 19.4 Å². The van der Waals surface area contributed by atoms with Crippen molar-refractivity contribution in [2.45, 2.75) is 33.5 Å². The lowest BCUT2D eigenvalue weighted by molar-refractivity contribution is 0.0945. The Morgan fingerprint density at radius 2 is 2.11 bits per heavy atom. The highest BCUT2D eigenvalue weighted by atomic mass is 16.2. The first-order valence-electron chi connectivity index (χ1n) is 8.95. The lowest BCUT2D eigenvalue weighted by atomic mass is 10.1. The molecule has 1 aromatic carbocycles. The predicted octanol–water partition coefficient (Wildman–Crippen LogP) is 1.01. The zero-order valence-electron chi connectivity index (χ0n) is 15.4. The van der Waals surface area contributed by atoms with E-state index in [4.69, 9.17) is 0 Å². The minimum Gasteiger partial charge on any atom is -0.347 e. The number of aryl methyl sites for hydroxylation is 2. The summed E-state index contributed by atoms with van der Waals surface area (Å²) >= 11 is 0. The molecule has 1 amide bonds. The molecule has 1 aliphatic rings. The zero-order chi connectivity index (χ0) is 19.0. The third kappa shape index (κ3) is 3.31. The Bertz CT molecular complexity index is 1060. The lowest BCUT2D eigenvalue weighted by Gasteiger charge is -2.16. The third-order valence-corrected chi connectivity index (χ3v) is 4.98. The Balaban J connectivity index is 1.50. The summed E-state index contributed by atoms with van der Waals surface area (Å²) in [5, 5.41) is 13.4. The minimum atomic E-state index is -0.321. The Hall–Kier alpha value is -3.13. The fourth-order valence-electron chi connectivity index (χ4n) is 3.23. The topological polar surface area (TPSA) is 96.7 Å². The molecule has 0 saturated heterocycles. The summed E-state index contributed by atoms with van der Waals surface area (Å²) in [7, 11) is 0. The van der Waals surface area contributed by atoms with Crippen LogP contribution >= 0.6 is 0 Å². The average Bonchev–Trinajstić information content (AvgIpc) is 3.26. The van der Waals surface area contributed by atoms with Crippen LogP contribution < -0.4 is 16.2 Å². The molecule has 0 bridgehead atoms. The van der Waals surface area contributed by atoms with Crippen LogP contribution in [0, 0.1) is 13.8 Å². The van der Waals surface area contributed by atoms with Gasteiger partial charge < -0.3 is 10.6 Å². The van der Waals surface area contributed by atoms with Crippen molar-refractivity contribution in [3.63, 3.8) is 0 Å². The van der Waals surface area contributed by atoms with Crippen molar-refractivity contribution < 1.29 is 4.79 Å². The molecule has 8 nitrogen and oxygen atoms in total. The molecule has 4 rings (SSSR count). The molecule has 3 heterocycles. The van der Waals surface area contributed by atoms with Crippen molar-refractivity contribution in [2.75, 3.05) is 6.54 Å². The molecule has 0 radical (unpaired) electrons.